The predicted molar refractivity (Wildman–Crippen MR) is 96.0 cm³/mol. The van der Waals surface area contributed by atoms with Gasteiger partial charge in [0.25, 0.3) is 5.91 Å². The molecule has 1 fully saturated rings. The number of rotatable bonds is 4. The standard InChI is InChI=1S/C18H21N3O3S/c1-14-9-10-15(13-19-14)18(22)20-16-7-3-4-8-17(16)25(23,24)21-11-5-2-6-12-21/h3-4,7-10,13H,2,5-6,11-12H2,1H3,(H,20,22). The molecule has 1 aromatic heterocycles. The van der Waals surface area contributed by atoms with Crippen LogP contribution in [-0.4, -0.2) is 36.7 Å². The van der Waals surface area contributed by atoms with Gasteiger partial charge in [-0.1, -0.05) is 18.6 Å². The molecule has 0 radical (unpaired) electrons. The van der Waals surface area contributed by atoms with Crippen molar-refractivity contribution in [2.45, 2.75) is 31.1 Å². The van der Waals surface area contributed by atoms with Gasteiger partial charge in [-0.05, 0) is 44.0 Å². The van der Waals surface area contributed by atoms with Crippen molar-refractivity contribution < 1.29 is 13.2 Å². The van der Waals surface area contributed by atoms with E-state index in [1.54, 1.807) is 30.3 Å². The maximum atomic E-state index is 12.9. The minimum atomic E-state index is -3.62. The zero-order chi connectivity index (χ0) is 17.9. The molecule has 1 aliphatic rings. The number of benzene rings is 1. The highest BCUT2D eigenvalue weighted by atomic mass is 32.2. The Bertz CT molecular complexity index is 857. The molecular formula is C18H21N3O3S. The molecule has 3 rings (SSSR count). The number of piperidine rings is 1. The topological polar surface area (TPSA) is 79.4 Å². The quantitative estimate of drug-likeness (QED) is 0.910. The first-order chi connectivity index (χ1) is 12.0. The van der Waals surface area contributed by atoms with Crippen molar-refractivity contribution in [1.29, 1.82) is 0 Å². The molecule has 1 N–H and O–H groups in total. The lowest BCUT2D eigenvalue weighted by atomic mass is 10.2. The zero-order valence-electron chi connectivity index (χ0n) is 14.1. The number of pyridine rings is 1. The number of anilines is 1. The first-order valence-corrected chi connectivity index (χ1v) is 9.76. The third-order valence-corrected chi connectivity index (χ3v) is 6.20. The number of nitrogens with zero attached hydrogens (tertiary/aromatic N) is 2. The van der Waals surface area contributed by atoms with E-state index in [-0.39, 0.29) is 10.8 Å². The number of hydrogen-bond acceptors (Lipinski definition) is 4. The van der Waals surface area contributed by atoms with Crippen molar-refractivity contribution in [3.8, 4) is 0 Å². The van der Waals surface area contributed by atoms with Crippen LogP contribution in [0.25, 0.3) is 0 Å². The number of aryl methyl sites for hydroxylation is 1. The molecule has 1 aromatic carbocycles. The molecule has 1 saturated heterocycles. The van der Waals surface area contributed by atoms with Crippen LogP contribution in [0, 0.1) is 6.92 Å². The number of carbonyl (C=O) groups excluding carboxylic acids is 1. The van der Waals surface area contributed by atoms with E-state index in [9.17, 15) is 13.2 Å². The van der Waals surface area contributed by atoms with Crippen LogP contribution in [0.5, 0.6) is 0 Å². The summed E-state index contributed by atoms with van der Waals surface area (Å²) >= 11 is 0. The molecule has 0 atom stereocenters. The van der Waals surface area contributed by atoms with Gasteiger partial charge in [0.2, 0.25) is 10.0 Å². The van der Waals surface area contributed by atoms with Crippen LogP contribution in [0.3, 0.4) is 0 Å². The van der Waals surface area contributed by atoms with Crippen LogP contribution in [0.1, 0.15) is 35.3 Å². The molecule has 0 aliphatic carbocycles. The van der Waals surface area contributed by atoms with Gasteiger partial charge in [0.15, 0.2) is 0 Å². The maximum absolute atomic E-state index is 12.9. The summed E-state index contributed by atoms with van der Waals surface area (Å²) in [7, 11) is -3.62. The Balaban J connectivity index is 1.88. The van der Waals surface area contributed by atoms with E-state index in [2.05, 4.69) is 10.3 Å². The lowest BCUT2D eigenvalue weighted by Crippen LogP contribution is -2.36. The fourth-order valence-electron chi connectivity index (χ4n) is 2.84. The monoisotopic (exact) mass is 359 g/mol. The fraction of sp³-hybridized carbons (Fsp3) is 0.333. The second kappa shape index (κ2) is 7.33. The number of para-hydroxylation sites is 1. The Kier molecular flexibility index (Phi) is 5.15. The third-order valence-electron chi connectivity index (χ3n) is 4.24. The molecule has 0 bridgehead atoms. The van der Waals surface area contributed by atoms with Gasteiger partial charge in [0.05, 0.1) is 11.3 Å². The van der Waals surface area contributed by atoms with Crippen LogP contribution < -0.4 is 5.32 Å². The third kappa shape index (κ3) is 3.88. The van der Waals surface area contributed by atoms with Gasteiger partial charge in [-0.25, -0.2) is 8.42 Å². The van der Waals surface area contributed by atoms with Crippen LogP contribution >= 0.6 is 0 Å². The summed E-state index contributed by atoms with van der Waals surface area (Å²) < 4.78 is 27.4. The lowest BCUT2D eigenvalue weighted by molar-refractivity contribution is 0.102. The van der Waals surface area contributed by atoms with Gasteiger partial charge in [-0.3, -0.25) is 9.78 Å². The van der Waals surface area contributed by atoms with Crippen molar-refractivity contribution >= 4 is 21.6 Å². The molecule has 25 heavy (non-hydrogen) atoms. The van der Waals surface area contributed by atoms with E-state index in [0.29, 0.717) is 24.3 Å². The molecule has 1 amide bonds. The van der Waals surface area contributed by atoms with Crippen LogP contribution in [0.15, 0.2) is 47.5 Å². The van der Waals surface area contributed by atoms with Crippen molar-refractivity contribution in [3.63, 3.8) is 0 Å². The Hall–Kier alpha value is -2.25. The van der Waals surface area contributed by atoms with Crippen molar-refractivity contribution in [3.05, 3.63) is 53.9 Å². The summed E-state index contributed by atoms with van der Waals surface area (Å²) in [5.74, 6) is -0.381. The van der Waals surface area contributed by atoms with E-state index in [0.717, 1.165) is 25.0 Å². The summed E-state index contributed by atoms with van der Waals surface area (Å²) in [4.78, 5) is 16.7. The summed E-state index contributed by atoms with van der Waals surface area (Å²) in [5, 5.41) is 2.71. The molecule has 2 aromatic rings. The van der Waals surface area contributed by atoms with Gasteiger partial charge in [0.1, 0.15) is 4.90 Å². The highest BCUT2D eigenvalue weighted by molar-refractivity contribution is 7.89. The molecule has 2 heterocycles. The van der Waals surface area contributed by atoms with Crippen LogP contribution in [-0.2, 0) is 10.0 Å². The maximum Gasteiger partial charge on any atom is 0.257 e. The molecule has 7 heteroatoms. The van der Waals surface area contributed by atoms with E-state index < -0.39 is 10.0 Å². The van der Waals surface area contributed by atoms with Crippen LogP contribution in [0.4, 0.5) is 5.69 Å². The van der Waals surface area contributed by atoms with E-state index in [4.69, 9.17) is 0 Å². The average molecular weight is 359 g/mol. The van der Waals surface area contributed by atoms with Gasteiger partial charge >= 0.3 is 0 Å². The fourth-order valence-corrected chi connectivity index (χ4v) is 4.50. The molecule has 1 aliphatic heterocycles. The lowest BCUT2D eigenvalue weighted by Gasteiger charge is -2.26. The largest absolute Gasteiger partial charge is 0.321 e. The number of aromatic nitrogens is 1. The molecule has 132 valence electrons. The first-order valence-electron chi connectivity index (χ1n) is 8.32. The second-order valence-corrected chi connectivity index (χ2v) is 8.01. The summed E-state index contributed by atoms with van der Waals surface area (Å²) in [5.41, 5.74) is 1.49. The van der Waals surface area contributed by atoms with E-state index in [1.807, 2.05) is 6.92 Å². The number of nitrogens with one attached hydrogen (secondary N) is 1. The van der Waals surface area contributed by atoms with Gasteiger partial charge in [0, 0.05) is 25.0 Å². The molecular weight excluding hydrogens is 338 g/mol. The Morgan fingerprint density at radius 1 is 1.08 bits per heavy atom. The average Bonchev–Trinajstić information content (AvgIpc) is 2.63. The highest BCUT2D eigenvalue weighted by Crippen LogP contribution is 2.27. The summed E-state index contributed by atoms with van der Waals surface area (Å²) in [6.45, 7) is 2.88. The molecule has 0 unspecified atom stereocenters. The second-order valence-electron chi connectivity index (χ2n) is 6.10. The smallest absolute Gasteiger partial charge is 0.257 e. The highest BCUT2D eigenvalue weighted by Gasteiger charge is 2.28. The normalized spacial score (nSPS) is 15.7. The van der Waals surface area contributed by atoms with Gasteiger partial charge in [-0.15, -0.1) is 0 Å². The number of hydrogen-bond donors (Lipinski definition) is 1. The van der Waals surface area contributed by atoms with Crippen molar-refractivity contribution in [1.82, 2.24) is 9.29 Å². The van der Waals surface area contributed by atoms with E-state index >= 15 is 0 Å². The van der Waals surface area contributed by atoms with Crippen molar-refractivity contribution in [2.75, 3.05) is 18.4 Å². The Morgan fingerprint density at radius 2 is 1.80 bits per heavy atom. The Morgan fingerprint density at radius 3 is 2.48 bits per heavy atom. The SMILES string of the molecule is Cc1ccc(C(=O)Nc2ccccc2S(=O)(=O)N2CCCCC2)cn1. The summed E-state index contributed by atoms with van der Waals surface area (Å²) in [6.07, 6.45) is 4.25. The van der Waals surface area contributed by atoms with Gasteiger partial charge in [-0.2, -0.15) is 4.31 Å². The van der Waals surface area contributed by atoms with E-state index in [1.165, 1.54) is 16.6 Å². The molecule has 0 saturated carbocycles. The predicted octanol–water partition coefficient (Wildman–Crippen LogP) is 2.82. The van der Waals surface area contributed by atoms with Crippen molar-refractivity contribution in [2.24, 2.45) is 0 Å². The summed E-state index contributed by atoms with van der Waals surface area (Å²) in [6, 6.07) is 9.92. The number of sulfonamides is 1. The van der Waals surface area contributed by atoms with Crippen LogP contribution in [0.2, 0.25) is 0 Å². The minimum absolute atomic E-state index is 0.130. The number of amides is 1. The number of carbonyl (C=O) groups is 1. The Labute approximate surface area is 147 Å². The molecule has 6 nitrogen and oxygen atoms in total. The first kappa shape index (κ1) is 17.6. The zero-order valence-corrected chi connectivity index (χ0v) is 14.9. The molecule has 0 spiro atoms. The van der Waals surface area contributed by atoms with Gasteiger partial charge < -0.3 is 5.32 Å². The minimum Gasteiger partial charge on any atom is -0.321 e.